The first-order valence-electron chi connectivity index (χ1n) is 8.86. The highest BCUT2D eigenvalue weighted by Gasteiger charge is 2.23. The van der Waals surface area contributed by atoms with E-state index in [2.05, 4.69) is 5.32 Å². The van der Waals surface area contributed by atoms with Crippen LogP contribution in [0.15, 0.2) is 54.6 Å². The largest absolute Gasteiger partial charge is 0.478 e. The number of carboxylic acids is 1. The third-order valence-corrected chi connectivity index (χ3v) is 4.73. The van der Waals surface area contributed by atoms with E-state index in [1.54, 1.807) is 18.2 Å². The Labute approximate surface area is 153 Å². The summed E-state index contributed by atoms with van der Waals surface area (Å²) in [6.45, 7) is 1.49. The zero-order chi connectivity index (χ0) is 18.4. The molecule has 136 valence electrons. The summed E-state index contributed by atoms with van der Waals surface area (Å²) in [6.07, 6.45) is 1.87. The molecule has 1 heterocycles. The Morgan fingerprint density at radius 3 is 2.54 bits per heavy atom. The molecular formula is C21H23NO4. The van der Waals surface area contributed by atoms with Crippen LogP contribution in [0.25, 0.3) is 0 Å². The molecule has 1 saturated heterocycles. The summed E-state index contributed by atoms with van der Waals surface area (Å²) in [7, 11) is 0. The van der Waals surface area contributed by atoms with Crippen molar-refractivity contribution in [2.75, 3.05) is 13.2 Å². The molecule has 0 radical (unpaired) electrons. The van der Waals surface area contributed by atoms with Gasteiger partial charge in [-0.1, -0.05) is 48.5 Å². The van der Waals surface area contributed by atoms with Crippen molar-refractivity contribution in [3.05, 3.63) is 71.3 Å². The van der Waals surface area contributed by atoms with Gasteiger partial charge in [0.2, 0.25) is 5.91 Å². The maximum Gasteiger partial charge on any atom is 0.335 e. The van der Waals surface area contributed by atoms with Crippen LogP contribution in [0.1, 0.15) is 40.4 Å². The summed E-state index contributed by atoms with van der Waals surface area (Å²) in [5.74, 6) is -0.769. The molecule has 1 aliphatic heterocycles. The number of carboxylic acid groups (broad SMARTS) is 1. The van der Waals surface area contributed by atoms with Crippen LogP contribution < -0.4 is 5.32 Å². The zero-order valence-electron chi connectivity index (χ0n) is 14.6. The summed E-state index contributed by atoms with van der Waals surface area (Å²) in [6, 6.07) is 16.4. The van der Waals surface area contributed by atoms with E-state index in [-0.39, 0.29) is 23.9 Å². The molecule has 0 saturated carbocycles. The second-order valence-corrected chi connectivity index (χ2v) is 6.64. The van der Waals surface area contributed by atoms with E-state index in [4.69, 9.17) is 4.74 Å². The third-order valence-electron chi connectivity index (χ3n) is 4.73. The van der Waals surface area contributed by atoms with Crippen LogP contribution in [-0.2, 0) is 16.0 Å². The molecule has 5 heteroatoms. The zero-order valence-corrected chi connectivity index (χ0v) is 14.6. The van der Waals surface area contributed by atoms with Gasteiger partial charge in [0.15, 0.2) is 0 Å². The number of rotatable bonds is 7. The molecule has 3 rings (SSSR count). The smallest absolute Gasteiger partial charge is 0.335 e. The van der Waals surface area contributed by atoms with E-state index in [1.165, 1.54) is 6.07 Å². The average molecular weight is 353 g/mol. The van der Waals surface area contributed by atoms with Gasteiger partial charge in [-0.25, -0.2) is 4.79 Å². The van der Waals surface area contributed by atoms with E-state index in [9.17, 15) is 14.7 Å². The lowest BCUT2D eigenvalue weighted by molar-refractivity contribution is -0.121. The normalized spacial score (nSPS) is 17.6. The molecular weight excluding hydrogens is 330 g/mol. The van der Waals surface area contributed by atoms with E-state index in [0.29, 0.717) is 11.5 Å². The minimum atomic E-state index is -1.02. The highest BCUT2D eigenvalue weighted by molar-refractivity contribution is 5.91. The number of carbonyl (C=O) groups excluding carboxylic acids is 1. The maximum atomic E-state index is 12.6. The number of carbonyl (C=O) groups is 2. The molecule has 5 nitrogen and oxygen atoms in total. The monoisotopic (exact) mass is 353 g/mol. The summed E-state index contributed by atoms with van der Waals surface area (Å²) in [5.41, 5.74) is 1.75. The molecule has 2 atom stereocenters. The molecule has 1 amide bonds. The van der Waals surface area contributed by atoms with Crippen molar-refractivity contribution in [1.29, 1.82) is 0 Å². The van der Waals surface area contributed by atoms with Gasteiger partial charge in [-0.05, 0) is 36.0 Å². The minimum Gasteiger partial charge on any atom is -0.478 e. The molecule has 1 fully saturated rings. The van der Waals surface area contributed by atoms with Gasteiger partial charge in [-0.2, -0.15) is 0 Å². The molecule has 2 unspecified atom stereocenters. The lowest BCUT2D eigenvalue weighted by atomic mass is 9.93. The Bertz CT molecular complexity index is 754. The fourth-order valence-electron chi connectivity index (χ4n) is 3.37. The summed E-state index contributed by atoms with van der Waals surface area (Å²) >= 11 is 0. The first-order valence-corrected chi connectivity index (χ1v) is 8.86. The topological polar surface area (TPSA) is 75.6 Å². The third kappa shape index (κ3) is 4.70. The van der Waals surface area contributed by atoms with Crippen molar-refractivity contribution in [1.82, 2.24) is 5.32 Å². The first-order chi connectivity index (χ1) is 12.6. The Morgan fingerprint density at radius 1 is 1.12 bits per heavy atom. The standard InChI is InChI=1S/C21H23NO4/c23-20(13-17-8-4-5-9-18(17)21(24)25)22-19(12-15-10-11-26-14-15)16-6-2-1-3-7-16/h1-9,15,19H,10-14H2,(H,22,23)(H,24,25). The highest BCUT2D eigenvalue weighted by Crippen LogP contribution is 2.26. The van der Waals surface area contributed by atoms with Gasteiger partial charge in [0.25, 0.3) is 0 Å². The maximum absolute atomic E-state index is 12.6. The SMILES string of the molecule is O=C(Cc1ccccc1C(=O)O)NC(CC1CCOC1)c1ccccc1. The fourth-order valence-corrected chi connectivity index (χ4v) is 3.37. The Kier molecular flexibility index (Phi) is 6.02. The molecule has 2 aromatic rings. The second-order valence-electron chi connectivity index (χ2n) is 6.64. The van der Waals surface area contributed by atoms with Crippen molar-refractivity contribution in [3.8, 4) is 0 Å². The number of ether oxygens (including phenoxy) is 1. The molecule has 0 spiro atoms. The second kappa shape index (κ2) is 8.63. The number of aromatic carboxylic acids is 1. The minimum absolute atomic E-state index is 0.0486. The van der Waals surface area contributed by atoms with Crippen molar-refractivity contribution in [2.45, 2.75) is 25.3 Å². The van der Waals surface area contributed by atoms with Crippen LogP contribution in [-0.4, -0.2) is 30.2 Å². The van der Waals surface area contributed by atoms with Crippen molar-refractivity contribution in [2.24, 2.45) is 5.92 Å². The van der Waals surface area contributed by atoms with E-state index in [1.807, 2.05) is 30.3 Å². The predicted molar refractivity (Wildman–Crippen MR) is 98.0 cm³/mol. The Morgan fingerprint density at radius 2 is 1.85 bits per heavy atom. The van der Waals surface area contributed by atoms with Crippen LogP contribution in [0, 0.1) is 5.92 Å². The number of benzene rings is 2. The van der Waals surface area contributed by atoms with Gasteiger partial charge >= 0.3 is 5.97 Å². The van der Waals surface area contributed by atoms with Crippen LogP contribution in [0.5, 0.6) is 0 Å². The van der Waals surface area contributed by atoms with Crippen LogP contribution in [0.3, 0.4) is 0 Å². The lowest BCUT2D eigenvalue weighted by Crippen LogP contribution is -2.31. The number of amides is 1. The molecule has 0 bridgehead atoms. The number of hydrogen-bond donors (Lipinski definition) is 2. The van der Waals surface area contributed by atoms with Crippen molar-refractivity contribution in [3.63, 3.8) is 0 Å². The van der Waals surface area contributed by atoms with Crippen molar-refractivity contribution >= 4 is 11.9 Å². The van der Waals surface area contributed by atoms with Crippen LogP contribution in [0.2, 0.25) is 0 Å². The van der Waals surface area contributed by atoms with Gasteiger partial charge in [0.1, 0.15) is 0 Å². The van der Waals surface area contributed by atoms with Gasteiger partial charge in [0, 0.05) is 13.2 Å². The van der Waals surface area contributed by atoms with E-state index in [0.717, 1.165) is 31.6 Å². The quantitative estimate of drug-likeness (QED) is 0.801. The summed E-state index contributed by atoms with van der Waals surface area (Å²) < 4.78 is 5.46. The van der Waals surface area contributed by atoms with Gasteiger partial charge in [0.05, 0.1) is 18.0 Å². The Balaban J connectivity index is 1.72. The molecule has 0 aliphatic carbocycles. The summed E-state index contributed by atoms with van der Waals surface area (Å²) in [5, 5.41) is 12.4. The van der Waals surface area contributed by atoms with Crippen LogP contribution in [0.4, 0.5) is 0 Å². The van der Waals surface area contributed by atoms with E-state index >= 15 is 0 Å². The number of hydrogen-bond acceptors (Lipinski definition) is 3. The fraction of sp³-hybridized carbons (Fsp3) is 0.333. The average Bonchev–Trinajstić information content (AvgIpc) is 3.15. The Hall–Kier alpha value is -2.66. The van der Waals surface area contributed by atoms with Crippen LogP contribution >= 0.6 is 0 Å². The molecule has 2 N–H and O–H groups in total. The molecule has 1 aliphatic rings. The van der Waals surface area contributed by atoms with E-state index < -0.39 is 5.97 Å². The van der Waals surface area contributed by atoms with Gasteiger partial charge in [-0.15, -0.1) is 0 Å². The molecule has 2 aromatic carbocycles. The number of nitrogens with one attached hydrogen (secondary N) is 1. The van der Waals surface area contributed by atoms with Crippen molar-refractivity contribution < 1.29 is 19.4 Å². The molecule has 26 heavy (non-hydrogen) atoms. The summed E-state index contributed by atoms with van der Waals surface area (Å²) in [4.78, 5) is 23.9. The van der Waals surface area contributed by atoms with Gasteiger partial charge in [-0.3, -0.25) is 4.79 Å². The highest BCUT2D eigenvalue weighted by atomic mass is 16.5. The molecule has 0 aromatic heterocycles. The predicted octanol–water partition coefficient (Wildman–Crippen LogP) is 3.21. The first kappa shape index (κ1) is 18.1. The van der Waals surface area contributed by atoms with Gasteiger partial charge < -0.3 is 15.2 Å². The lowest BCUT2D eigenvalue weighted by Gasteiger charge is -2.22.